The number of anilines is 1. The number of methoxy groups -OCH3 is 1. The van der Waals surface area contributed by atoms with Gasteiger partial charge in [-0.25, -0.2) is 9.69 Å². The van der Waals surface area contributed by atoms with Gasteiger partial charge in [-0.15, -0.1) is 0 Å². The summed E-state index contributed by atoms with van der Waals surface area (Å²) in [4.78, 5) is 37.7. The second-order valence-corrected chi connectivity index (χ2v) is 5.25. The summed E-state index contributed by atoms with van der Waals surface area (Å²) in [6.45, 7) is 0. The highest BCUT2D eigenvalue weighted by Gasteiger charge is 2.36. The van der Waals surface area contributed by atoms with Crippen LogP contribution in [0.15, 0.2) is 54.1 Å². The standard InChI is InChI=1S/C18H14N2O5/c1-25-14-8-4-12(5-9-14)20-17(23)15(16(22)19-18(20)24)10-11-2-6-13(21)7-3-11/h2-10,21H,1H3,(H,19,22,24). The molecule has 0 saturated carbocycles. The molecule has 7 nitrogen and oxygen atoms in total. The number of rotatable bonds is 3. The third-order valence-corrected chi connectivity index (χ3v) is 3.64. The second-order valence-electron chi connectivity index (χ2n) is 5.25. The van der Waals surface area contributed by atoms with E-state index in [0.717, 1.165) is 4.90 Å². The number of phenolic OH excluding ortho intramolecular Hbond substituents is 1. The van der Waals surface area contributed by atoms with Gasteiger partial charge in [-0.05, 0) is 48.0 Å². The van der Waals surface area contributed by atoms with Crippen molar-refractivity contribution in [2.75, 3.05) is 12.0 Å². The molecule has 3 rings (SSSR count). The molecule has 0 radical (unpaired) electrons. The number of urea groups is 1. The summed E-state index contributed by atoms with van der Waals surface area (Å²) in [5, 5.41) is 11.5. The minimum Gasteiger partial charge on any atom is -0.508 e. The molecule has 1 aliphatic heterocycles. The molecule has 0 bridgehead atoms. The number of hydrogen-bond acceptors (Lipinski definition) is 5. The Balaban J connectivity index is 1.97. The average molecular weight is 338 g/mol. The molecule has 2 aromatic carbocycles. The molecule has 1 aliphatic rings. The lowest BCUT2D eigenvalue weighted by Gasteiger charge is -2.26. The van der Waals surface area contributed by atoms with Crippen molar-refractivity contribution in [1.82, 2.24) is 5.32 Å². The number of aromatic hydroxyl groups is 1. The maximum atomic E-state index is 12.7. The number of nitrogens with zero attached hydrogens (tertiary/aromatic N) is 1. The number of ether oxygens (including phenoxy) is 1. The van der Waals surface area contributed by atoms with E-state index in [1.165, 1.54) is 25.3 Å². The van der Waals surface area contributed by atoms with Crippen molar-refractivity contribution in [3.63, 3.8) is 0 Å². The Bertz CT molecular complexity index is 869. The molecule has 7 heteroatoms. The van der Waals surface area contributed by atoms with Gasteiger partial charge in [-0.3, -0.25) is 14.9 Å². The van der Waals surface area contributed by atoms with Crippen molar-refractivity contribution >= 4 is 29.6 Å². The number of barbiturate groups is 1. The van der Waals surface area contributed by atoms with Gasteiger partial charge in [0.1, 0.15) is 17.1 Å². The van der Waals surface area contributed by atoms with Crippen molar-refractivity contribution in [1.29, 1.82) is 0 Å². The van der Waals surface area contributed by atoms with Crippen LogP contribution in [0, 0.1) is 0 Å². The Morgan fingerprint density at radius 1 is 1.00 bits per heavy atom. The lowest BCUT2D eigenvalue weighted by atomic mass is 10.1. The molecule has 4 amide bonds. The van der Waals surface area contributed by atoms with Gasteiger partial charge >= 0.3 is 6.03 Å². The summed E-state index contributed by atoms with van der Waals surface area (Å²) in [6, 6.07) is 11.5. The summed E-state index contributed by atoms with van der Waals surface area (Å²) in [7, 11) is 1.50. The molecule has 1 heterocycles. The fraction of sp³-hybridized carbons (Fsp3) is 0.0556. The van der Waals surface area contributed by atoms with E-state index in [-0.39, 0.29) is 11.3 Å². The van der Waals surface area contributed by atoms with E-state index in [9.17, 15) is 19.5 Å². The Morgan fingerprint density at radius 2 is 1.64 bits per heavy atom. The van der Waals surface area contributed by atoms with Crippen LogP contribution in [0.5, 0.6) is 11.5 Å². The Morgan fingerprint density at radius 3 is 2.24 bits per heavy atom. The molecule has 0 unspecified atom stereocenters. The van der Waals surface area contributed by atoms with Crippen molar-refractivity contribution in [3.05, 3.63) is 59.7 Å². The van der Waals surface area contributed by atoms with E-state index in [2.05, 4.69) is 5.32 Å². The average Bonchev–Trinajstić information content (AvgIpc) is 2.60. The number of nitrogens with one attached hydrogen (secondary N) is 1. The maximum absolute atomic E-state index is 12.7. The SMILES string of the molecule is COc1ccc(N2C(=O)NC(=O)C(=Cc3ccc(O)cc3)C2=O)cc1. The van der Waals surface area contributed by atoms with Crippen LogP contribution in [0.25, 0.3) is 6.08 Å². The Hall–Kier alpha value is -3.61. The van der Waals surface area contributed by atoms with Gasteiger partial charge in [0.15, 0.2) is 0 Å². The Kier molecular flexibility index (Phi) is 4.21. The summed E-state index contributed by atoms with van der Waals surface area (Å²) in [5.41, 5.74) is 0.675. The molecule has 0 spiro atoms. The highest BCUT2D eigenvalue weighted by atomic mass is 16.5. The van der Waals surface area contributed by atoms with E-state index in [1.54, 1.807) is 36.4 Å². The first kappa shape index (κ1) is 16.3. The van der Waals surface area contributed by atoms with E-state index >= 15 is 0 Å². The van der Waals surface area contributed by atoms with Crippen LogP contribution in [0.3, 0.4) is 0 Å². The van der Waals surface area contributed by atoms with Gasteiger partial charge in [0.2, 0.25) is 0 Å². The smallest absolute Gasteiger partial charge is 0.335 e. The zero-order valence-electron chi connectivity index (χ0n) is 13.2. The van der Waals surface area contributed by atoms with Crippen LogP contribution >= 0.6 is 0 Å². The maximum Gasteiger partial charge on any atom is 0.335 e. The Labute approximate surface area is 143 Å². The molecule has 0 atom stereocenters. The zero-order chi connectivity index (χ0) is 18.0. The number of carbonyl (C=O) groups excluding carboxylic acids is 3. The summed E-state index contributed by atoms with van der Waals surface area (Å²) >= 11 is 0. The fourth-order valence-electron chi connectivity index (χ4n) is 2.36. The summed E-state index contributed by atoms with van der Waals surface area (Å²) in [5.74, 6) is -0.860. The minimum atomic E-state index is -0.817. The quantitative estimate of drug-likeness (QED) is 0.660. The van der Waals surface area contributed by atoms with E-state index < -0.39 is 17.8 Å². The van der Waals surface area contributed by atoms with Gasteiger partial charge in [0, 0.05) is 0 Å². The van der Waals surface area contributed by atoms with Crippen LogP contribution < -0.4 is 15.0 Å². The predicted molar refractivity (Wildman–Crippen MR) is 90.1 cm³/mol. The molecule has 126 valence electrons. The molecular weight excluding hydrogens is 324 g/mol. The normalized spacial score (nSPS) is 16.1. The van der Waals surface area contributed by atoms with Crippen LogP contribution in [-0.4, -0.2) is 30.1 Å². The molecule has 1 fully saturated rings. The van der Waals surface area contributed by atoms with Crippen molar-refractivity contribution in [2.45, 2.75) is 0 Å². The van der Waals surface area contributed by atoms with Crippen molar-refractivity contribution in [3.8, 4) is 11.5 Å². The van der Waals surface area contributed by atoms with Gasteiger partial charge in [-0.2, -0.15) is 0 Å². The molecular formula is C18H14N2O5. The molecule has 0 aliphatic carbocycles. The molecule has 2 aromatic rings. The highest BCUT2D eigenvalue weighted by Crippen LogP contribution is 2.24. The molecule has 2 N–H and O–H groups in total. The number of benzene rings is 2. The van der Waals surface area contributed by atoms with E-state index in [0.29, 0.717) is 17.0 Å². The minimum absolute atomic E-state index is 0.0663. The third kappa shape index (κ3) is 3.20. The summed E-state index contributed by atoms with van der Waals surface area (Å²) in [6.07, 6.45) is 1.36. The first-order chi connectivity index (χ1) is 12.0. The first-order valence-corrected chi connectivity index (χ1v) is 7.34. The van der Waals surface area contributed by atoms with E-state index in [4.69, 9.17) is 4.74 Å². The van der Waals surface area contributed by atoms with Crippen LogP contribution in [-0.2, 0) is 9.59 Å². The van der Waals surface area contributed by atoms with E-state index in [1.807, 2.05) is 0 Å². The molecule has 0 aromatic heterocycles. The van der Waals surface area contributed by atoms with Crippen LogP contribution in [0.4, 0.5) is 10.5 Å². The number of phenols is 1. The summed E-state index contributed by atoms with van der Waals surface area (Å²) < 4.78 is 5.05. The van der Waals surface area contributed by atoms with Gasteiger partial charge < -0.3 is 9.84 Å². The van der Waals surface area contributed by atoms with Crippen molar-refractivity contribution < 1.29 is 24.2 Å². The van der Waals surface area contributed by atoms with Crippen LogP contribution in [0.2, 0.25) is 0 Å². The molecule has 25 heavy (non-hydrogen) atoms. The second kappa shape index (κ2) is 6.48. The topological polar surface area (TPSA) is 95.9 Å². The first-order valence-electron chi connectivity index (χ1n) is 7.34. The van der Waals surface area contributed by atoms with Gasteiger partial charge in [-0.1, -0.05) is 12.1 Å². The molecule has 1 saturated heterocycles. The number of carbonyl (C=O) groups is 3. The number of imide groups is 2. The zero-order valence-corrected chi connectivity index (χ0v) is 13.2. The fourth-order valence-corrected chi connectivity index (χ4v) is 2.36. The van der Waals surface area contributed by atoms with Gasteiger partial charge in [0.05, 0.1) is 12.8 Å². The largest absolute Gasteiger partial charge is 0.508 e. The lowest BCUT2D eigenvalue weighted by molar-refractivity contribution is -0.122. The van der Waals surface area contributed by atoms with Crippen molar-refractivity contribution in [2.24, 2.45) is 0 Å². The predicted octanol–water partition coefficient (Wildman–Crippen LogP) is 2.07. The third-order valence-electron chi connectivity index (χ3n) is 3.64. The monoisotopic (exact) mass is 338 g/mol. The highest BCUT2D eigenvalue weighted by molar-refractivity contribution is 6.39. The number of amides is 4. The van der Waals surface area contributed by atoms with Gasteiger partial charge in [0.25, 0.3) is 11.8 Å². The number of hydrogen-bond donors (Lipinski definition) is 2. The van der Waals surface area contributed by atoms with Crippen LogP contribution in [0.1, 0.15) is 5.56 Å². The lowest BCUT2D eigenvalue weighted by Crippen LogP contribution is -2.54.